The molecule has 1 aromatic rings. The van der Waals surface area contributed by atoms with Gasteiger partial charge in [0, 0.05) is 31.7 Å². The minimum atomic E-state index is -3.46. The Hall–Kier alpha value is -1.44. The van der Waals surface area contributed by atoms with Crippen molar-refractivity contribution in [3.05, 3.63) is 23.8 Å². The Morgan fingerprint density at radius 3 is 2.59 bits per heavy atom. The first-order valence-corrected chi connectivity index (χ1v) is 11.6. The Kier molecular flexibility index (Phi) is 6.55. The summed E-state index contributed by atoms with van der Waals surface area (Å²) in [6.07, 6.45) is 4.54. The normalized spacial score (nSPS) is 18.1. The average molecular weight is 394 g/mol. The van der Waals surface area contributed by atoms with E-state index < -0.39 is 10.0 Å². The van der Waals surface area contributed by atoms with E-state index >= 15 is 0 Å². The number of hydrogen-bond donors (Lipinski definition) is 1. The third-order valence-corrected chi connectivity index (χ3v) is 7.86. The molecule has 0 atom stereocenters. The van der Waals surface area contributed by atoms with Crippen LogP contribution >= 0.6 is 0 Å². The van der Waals surface area contributed by atoms with Gasteiger partial charge in [-0.3, -0.25) is 4.79 Å². The maximum Gasteiger partial charge on any atom is 0.243 e. The summed E-state index contributed by atoms with van der Waals surface area (Å²) in [5.41, 5.74) is 1.84. The standard InChI is InChI=1S/C20H31N3O3S/c1-3-22(4-2)27(25,26)18-6-7-19-17(15-18)11-14-23(19)20(24)8-5-16-9-12-21-13-10-16/h6-7,15-16,21H,3-5,8-14H2,1-2H3. The Morgan fingerprint density at radius 1 is 1.22 bits per heavy atom. The molecule has 0 aromatic heterocycles. The first-order valence-electron chi connectivity index (χ1n) is 10.1. The molecule has 6 nitrogen and oxygen atoms in total. The first-order chi connectivity index (χ1) is 13.0. The summed E-state index contributed by atoms with van der Waals surface area (Å²) < 4.78 is 26.9. The van der Waals surface area contributed by atoms with Crippen molar-refractivity contribution in [1.82, 2.24) is 9.62 Å². The third kappa shape index (κ3) is 4.36. The Labute approximate surface area is 163 Å². The summed E-state index contributed by atoms with van der Waals surface area (Å²) in [5, 5.41) is 3.36. The maximum atomic E-state index is 12.7. The van der Waals surface area contributed by atoms with Gasteiger partial charge in [0.15, 0.2) is 0 Å². The van der Waals surface area contributed by atoms with Crippen LogP contribution in [0.3, 0.4) is 0 Å². The van der Waals surface area contributed by atoms with E-state index in [0.717, 1.165) is 50.0 Å². The summed E-state index contributed by atoms with van der Waals surface area (Å²) >= 11 is 0. The van der Waals surface area contributed by atoms with Crippen LogP contribution in [0.1, 0.15) is 45.1 Å². The average Bonchev–Trinajstić information content (AvgIpc) is 3.11. The fourth-order valence-electron chi connectivity index (χ4n) is 4.14. The number of rotatable bonds is 7. The SMILES string of the molecule is CCN(CC)S(=O)(=O)c1ccc2c(c1)CCN2C(=O)CCC1CCNCC1. The number of nitrogens with zero attached hydrogens (tertiary/aromatic N) is 2. The second-order valence-electron chi connectivity index (χ2n) is 7.41. The van der Waals surface area contributed by atoms with Gasteiger partial charge in [0.1, 0.15) is 0 Å². The highest BCUT2D eigenvalue weighted by molar-refractivity contribution is 7.89. The zero-order valence-corrected chi connectivity index (χ0v) is 17.2. The van der Waals surface area contributed by atoms with Crippen molar-refractivity contribution < 1.29 is 13.2 Å². The monoisotopic (exact) mass is 393 g/mol. The lowest BCUT2D eigenvalue weighted by molar-refractivity contribution is -0.118. The van der Waals surface area contributed by atoms with Crippen LogP contribution in [0, 0.1) is 5.92 Å². The van der Waals surface area contributed by atoms with E-state index in [4.69, 9.17) is 0 Å². The fraction of sp³-hybridized carbons (Fsp3) is 0.650. The molecule has 3 rings (SSSR count). The van der Waals surface area contributed by atoms with Crippen molar-refractivity contribution >= 4 is 21.6 Å². The minimum absolute atomic E-state index is 0.159. The largest absolute Gasteiger partial charge is 0.317 e. The lowest BCUT2D eigenvalue weighted by atomic mass is 9.93. The summed E-state index contributed by atoms with van der Waals surface area (Å²) in [5.74, 6) is 0.797. The van der Waals surface area contributed by atoms with Gasteiger partial charge in [-0.15, -0.1) is 0 Å². The highest BCUT2D eigenvalue weighted by atomic mass is 32.2. The van der Waals surface area contributed by atoms with Gasteiger partial charge in [-0.1, -0.05) is 13.8 Å². The van der Waals surface area contributed by atoms with Gasteiger partial charge in [0.25, 0.3) is 0 Å². The number of anilines is 1. The molecule has 1 N–H and O–H groups in total. The van der Waals surface area contributed by atoms with Crippen molar-refractivity contribution in [2.75, 3.05) is 37.6 Å². The summed E-state index contributed by atoms with van der Waals surface area (Å²) in [6, 6.07) is 5.20. The van der Waals surface area contributed by atoms with Gasteiger partial charge >= 0.3 is 0 Å². The molecule has 0 saturated carbocycles. The number of amides is 1. The van der Waals surface area contributed by atoms with Crippen LogP contribution in [0.25, 0.3) is 0 Å². The maximum absolute atomic E-state index is 12.7. The first kappa shape index (κ1) is 20.3. The lowest BCUT2D eigenvalue weighted by Crippen LogP contribution is -2.31. The third-order valence-electron chi connectivity index (χ3n) is 5.82. The van der Waals surface area contributed by atoms with Crippen LogP contribution < -0.4 is 10.2 Å². The van der Waals surface area contributed by atoms with Crippen LogP contribution in [0.4, 0.5) is 5.69 Å². The van der Waals surface area contributed by atoms with Crippen LogP contribution in [0.5, 0.6) is 0 Å². The molecule has 0 aliphatic carbocycles. The Balaban J connectivity index is 1.69. The molecule has 1 fully saturated rings. The second-order valence-corrected chi connectivity index (χ2v) is 9.35. The molecule has 0 radical (unpaired) electrons. The number of fused-ring (bicyclic) bond motifs is 1. The van der Waals surface area contributed by atoms with Gasteiger partial charge in [-0.25, -0.2) is 8.42 Å². The highest BCUT2D eigenvalue weighted by Crippen LogP contribution is 2.32. The van der Waals surface area contributed by atoms with Crippen molar-refractivity contribution in [3.63, 3.8) is 0 Å². The van der Waals surface area contributed by atoms with Crippen LogP contribution in [-0.4, -0.2) is 51.4 Å². The van der Waals surface area contributed by atoms with E-state index in [1.807, 2.05) is 18.7 Å². The molecule has 1 saturated heterocycles. The number of benzene rings is 1. The number of sulfonamides is 1. The zero-order valence-electron chi connectivity index (χ0n) is 16.4. The van der Waals surface area contributed by atoms with Crippen LogP contribution in [0.15, 0.2) is 23.1 Å². The highest BCUT2D eigenvalue weighted by Gasteiger charge is 2.28. The van der Waals surface area contributed by atoms with Crippen LogP contribution in [-0.2, 0) is 21.2 Å². The molecular formula is C20H31N3O3S. The van der Waals surface area contributed by atoms with Gasteiger partial charge in [-0.05, 0) is 68.5 Å². The quantitative estimate of drug-likeness (QED) is 0.772. The predicted molar refractivity (Wildman–Crippen MR) is 107 cm³/mol. The predicted octanol–water partition coefficient (Wildman–Crippen LogP) is 2.39. The van der Waals surface area contributed by atoms with Gasteiger partial charge in [-0.2, -0.15) is 4.31 Å². The number of hydrogen-bond acceptors (Lipinski definition) is 4. The molecule has 2 heterocycles. The van der Waals surface area contributed by atoms with E-state index in [0.29, 0.717) is 36.9 Å². The summed E-state index contributed by atoms with van der Waals surface area (Å²) in [4.78, 5) is 14.9. The summed E-state index contributed by atoms with van der Waals surface area (Å²) in [6.45, 7) is 7.35. The molecule has 1 amide bonds. The molecule has 0 bridgehead atoms. The van der Waals surface area contributed by atoms with Crippen molar-refractivity contribution in [1.29, 1.82) is 0 Å². The number of carbonyl (C=O) groups excluding carboxylic acids is 1. The fourth-order valence-corrected chi connectivity index (χ4v) is 5.65. The molecule has 150 valence electrons. The summed E-state index contributed by atoms with van der Waals surface area (Å²) in [7, 11) is -3.46. The number of carbonyl (C=O) groups is 1. The molecule has 2 aliphatic rings. The molecular weight excluding hydrogens is 362 g/mol. The van der Waals surface area contributed by atoms with Crippen molar-refractivity contribution in [2.45, 2.75) is 50.8 Å². The van der Waals surface area contributed by atoms with E-state index in [2.05, 4.69) is 5.32 Å². The van der Waals surface area contributed by atoms with Crippen molar-refractivity contribution in [3.8, 4) is 0 Å². The lowest BCUT2D eigenvalue weighted by Gasteiger charge is -2.24. The smallest absolute Gasteiger partial charge is 0.243 e. The minimum Gasteiger partial charge on any atom is -0.317 e. The van der Waals surface area contributed by atoms with E-state index in [-0.39, 0.29) is 5.91 Å². The van der Waals surface area contributed by atoms with E-state index in [1.165, 1.54) is 4.31 Å². The molecule has 0 unspecified atom stereocenters. The molecule has 2 aliphatic heterocycles. The second kappa shape index (κ2) is 8.71. The van der Waals surface area contributed by atoms with E-state index in [1.54, 1.807) is 18.2 Å². The Morgan fingerprint density at radius 2 is 1.93 bits per heavy atom. The van der Waals surface area contributed by atoms with Gasteiger partial charge < -0.3 is 10.2 Å². The molecule has 27 heavy (non-hydrogen) atoms. The topological polar surface area (TPSA) is 69.7 Å². The molecule has 0 spiro atoms. The Bertz CT molecular complexity index is 769. The number of piperidine rings is 1. The van der Waals surface area contributed by atoms with Crippen LogP contribution in [0.2, 0.25) is 0 Å². The van der Waals surface area contributed by atoms with Gasteiger partial charge in [0.05, 0.1) is 4.90 Å². The molecule has 1 aromatic carbocycles. The number of nitrogens with one attached hydrogen (secondary N) is 1. The van der Waals surface area contributed by atoms with Crippen molar-refractivity contribution in [2.24, 2.45) is 5.92 Å². The van der Waals surface area contributed by atoms with E-state index in [9.17, 15) is 13.2 Å². The van der Waals surface area contributed by atoms with Gasteiger partial charge in [0.2, 0.25) is 15.9 Å². The zero-order chi connectivity index (χ0) is 19.4. The molecule has 7 heteroatoms.